The fourth-order valence-electron chi connectivity index (χ4n) is 3.21. The van der Waals surface area contributed by atoms with Crippen LogP contribution in [0.5, 0.6) is 0 Å². The lowest BCUT2D eigenvalue weighted by molar-refractivity contribution is 0.0485. The first-order valence-electron chi connectivity index (χ1n) is 7.47. The number of rotatable bonds is 2. The van der Waals surface area contributed by atoms with Crippen LogP contribution in [0.2, 0.25) is 0 Å². The van der Waals surface area contributed by atoms with E-state index in [1.807, 2.05) is 4.90 Å². The molecule has 1 N–H and O–H groups in total. The van der Waals surface area contributed by atoms with Crippen molar-refractivity contribution in [2.45, 2.75) is 19.3 Å². The van der Waals surface area contributed by atoms with Crippen molar-refractivity contribution < 1.29 is 9.53 Å². The molecule has 6 heteroatoms. The van der Waals surface area contributed by atoms with Gasteiger partial charge >= 0.3 is 6.03 Å². The number of amides is 2. The molecule has 114 valence electrons. The molecule has 0 bridgehead atoms. The number of hydrogen-bond donors (Lipinski definition) is 1. The fourth-order valence-corrected chi connectivity index (χ4v) is 3.56. The Kier molecular flexibility index (Phi) is 4.75. The molecule has 3 rings (SSSR count). The molecule has 0 saturated carbocycles. The molecule has 2 aliphatic heterocycles. The zero-order chi connectivity index (χ0) is 14.7. The number of carbonyl (C=O) groups is 1. The van der Waals surface area contributed by atoms with Gasteiger partial charge in [-0.25, -0.2) is 4.79 Å². The standard InChI is InChI=1S/C15H20BrN3O2/c16-13-9-17-5-1-14(13)18-15(20)19-6-2-12(10-19)11-3-7-21-8-4-11/h1,5,9,11-12H,2-4,6-8,10H2,(H,17,18,20). The van der Waals surface area contributed by atoms with E-state index < -0.39 is 0 Å². The second-order valence-corrected chi connectivity index (χ2v) is 6.58. The fraction of sp³-hybridized carbons (Fsp3) is 0.600. The molecular weight excluding hydrogens is 334 g/mol. The van der Waals surface area contributed by atoms with Gasteiger partial charge in [0.25, 0.3) is 0 Å². The van der Waals surface area contributed by atoms with Crippen LogP contribution in [-0.4, -0.2) is 42.2 Å². The van der Waals surface area contributed by atoms with Crippen LogP contribution in [0.15, 0.2) is 22.9 Å². The van der Waals surface area contributed by atoms with Crippen molar-refractivity contribution >= 4 is 27.6 Å². The zero-order valence-electron chi connectivity index (χ0n) is 11.9. The van der Waals surface area contributed by atoms with Crippen LogP contribution in [0, 0.1) is 11.8 Å². The Hall–Kier alpha value is -1.14. The number of nitrogens with zero attached hydrogens (tertiary/aromatic N) is 2. The molecule has 1 atom stereocenters. The molecule has 1 aromatic rings. The third kappa shape index (κ3) is 3.55. The maximum atomic E-state index is 12.3. The van der Waals surface area contributed by atoms with Gasteiger partial charge in [-0.1, -0.05) is 0 Å². The van der Waals surface area contributed by atoms with Gasteiger partial charge in [0.2, 0.25) is 0 Å². The lowest BCUT2D eigenvalue weighted by atomic mass is 9.85. The van der Waals surface area contributed by atoms with Gasteiger partial charge < -0.3 is 15.0 Å². The predicted molar refractivity (Wildman–Crippen MR) is 84.2 cm³/mol. The molecule has 0 spiro atoms. The molecular formula is C15H20BrN3O2. The largest absolute Gasteiger partial charge is 0.381 e. The molecule has 2 fully saturated rings. The van der Waals surface area contributed by atoms with Gasteiger partial charge in [0.1, 0.15) is 0 Å². The number of carbonyl (C=O) groups excluding carboxylic acids is 1. The predicted octanol–water partition coefficient (Wildman–Crippen LogP) is 3.12. The van der Waals surface area contributed by atoms with Crippen molar-refractivity contribution in [3.63, 3.8) is 0 Å². The number of likely N-dealkylation sites (tertiary alicyclic amines) is 1. The topological polar surface area (TPSA) is 54.5 Å². The van der Waals surface area contributed by atoms with Crippen molar-refractivity contribution in [1.29, 1.82) is 0 Å². The van der Waals surface area contributed by atoms with E-state index in [-0.39, 0.29) is 6.03 Å². The molecule has 1 aromatic heterocycles. The van der Waals surface area contributed by atoms with E-state index in [2.05, 4.69) is 26.2 Å². The minimum atomic E-state index is -0.0172. The van der Waals surface area contributed by atoms with Gasteiger partial charge in [0, 0.05) is 38.7 Å². The Bertz CT molecular complexity index is 505. The molecule has 0 aliphatic carbocycles. The number of urea groups is 1. The van der Waals surface area contributed by atoms with E-state index >= 15 is 0 Å². The van der Waals surface area contributed by atoms with Crippen molar-refractivity contribution in [3.05, 3.63) is 22.9 Å². The first-order valence-corrected chi connectivity index (χ1v) is 8.26. The van der Waals surface area contributed by atoms with E-state index in [1.54, 1.807) is 18.5 Å². The Labute approximate surface area is 133 Å². The van der Waals surface area contributed by atoms with Crippen molar-refractivity contribution in [2.75, 3.05) is 31.6 Å². The van der Waals surface area contributed by atoms with Crippen LogP contribution < -0.4 is 5.32 Å². The molecule has 5 nitrogen and oxygen atoms in total. The molecule has 0 radical (unpaired) electrons. The van der Waals surface area contributed by atoms with Gasteiger partial charge in [0.15, 0.2) is 0 Å². The van der Waals surface area contributed by atoms with Gasteiger partial charge in [-0.2, -0.15) is 0 Å². The smallest absolute Gasteiger partial charge is 0.321 e. The van der Waals surface area contributed by atoms with E-state index in [0.717, 1.165) is 55.7 Å². The summed E-state index contributed by atoms with van der Waals surface area (Å²) in [5.74, 6) is 1.34. The number of halogens is 1. The maximum absolute atomic E-state index is 12.3. The van der Waals surface area contributed by atoms with Crippen LogP contribution in [-0.2, 0) is 4.74 Å². The van der Waals surface area contributed by atoms with Crippen molar-refractivity contribution in [3.8, 4) is 0 Å². The normalized spacial score (nSPS) is 23.3. The van der Waals surface area contributed by atoms with Gasteiger partial charge in [-0.3, -0.25) is 4.98 Å². The average molecular weight is 354 g/mol. The highest BCUT2D eigenvalue weighted by molar-refractivity contribution is 9.10. The minimum Gasteiger partial charge on any atom is -0.381 e. The summed E-state index contributed by atoms with van der Waals surface area (Å²) in [6.07, 6.45) is 6.74. The minimum absolute atomic E-state index is 0.0172. The zero-order valence-corrected chi connectivity index (χ0v) is 13.5. The average Bonchev–Trinajstić information content (AvgIpc) is 3.00. The Balaban J connectivity index is 1.55. The third-order valence-corrected chi connectivity index (χ3v) is 5.09. The summed E-state index contributed by atoms with van der Waals surface area (Å²) in [6.45, 7) is 3.45. The van der Waals surface area contributed by atoms with Gasteiger partial charge in [-0.05, 0) is 53.1 Å². The summed E-state index contributed by atoms with van der Waals surface area (Å²) in [5.41, 5.74) is 0.768. The highest BCUT2D eigenvalue weighted by Gasteiger charge is 2.32. The molecule has 2 amide bonds. The summed E-state index contributed by atoms with van der Waals surface area (Å²) in [4.78, 5) is 18.3. The molecule has 21 heavy (non-hydrogen) atoms. The summed E-state index contributed by atoms with van der Waals surface area (Å²) in [7, 11) is 0. The highest BCUT2D eigenvalue weighted by atomic mass is 79.9. The molecule has 0 aromatic carbocycles. The van der Waals surface area contributed by atoms with E-state index in [0.29, 0.717) is 11.8 Å². The molecule has 2 saturated heterocycles. The summed E-state index contributed by atoms with van der Waals surface area (Å²) < 4.78 is 6.23. The van der Waals surface area contributed by atoms with Crippen LogP contribution in [0.25, 0.3) is 0 Å². The van der Waals surface area contributed by atoms with E-state index in [4.69, 9.17) is 4.74 Å². The van der Waals surface area contributed by atoms with Crippen LogP contribution in [0.3, 0.4) is 0 Å². The second-order valence-electron chi connectivity index (χ2n) is 5.73. The number of aromatic nitrogens is 1. The summed E-state index contributed by atoms with van der Waals surface area (Å²) >= 11 is 3.40. The van der Waals surface area contributed by atoms with Crippen LogP contribution in [0.4, 0.5) is 10.5 Å². The number of hydrogen-bond acceptors (Lipinski definition) is 3. The Morgan fingerprint density at radius 1 is 1.33 bits per heavy atom. The number of ether oxygens (including phenoxy) is 1. The second kappa shape index (κ2) is 6.75. The van der Waals surface area contributed by atoms with E-state index in [9.17, 15) is 4.79 Å². The monoisotopic (exact) mass is 353 g/mol. The summed E-state index contributed by atoms with van der Waals surface area (Å²) in [5, 5.41) is 2.95. The number of pyridine rings is 1. The van der Waals surface area contributed by atoms with Crippen LogP contribution >= 0.6 is 15.9 Å². The van der Waals surface area contributed by atoms with E-state index in [1.165, 1.54) is 0 Å². The van der Waals surface area contributed by atoms with Gasteiger partial charge in [-0.15, -0.1) is 0 Å². The SMILES string of the molecule is O=C(Nc1ccncc1Br)N1CCC(C2CCOCC2)C1. The molecule has 3 heterocycles. The lowest BCUT2D eigenvalue weighted by Gasteiger charge is -2.27. The summed E-state index contributed by atoms with van der Waals surface area (Å²) in [6, 6.07) is 1.78. The van der Waals surface area contributed by atoms with Crippen LogP contribution in [0.1, 0.15) is 19.3 Å². The lowest BCUT2D eigenvalue weighted by Crippen LogP contribution is -2.34. The Morgan fingerprint density at radius 2 is 2.14 bits per heavy atom. The number of nitrogens with one attached hydrogen (secondary N) is 1. The van der Waals surface area contributed by atoms with Crippen molar-refractivity contribution in [1.82, 2.24) is 9.88 Å². The highest BCUT2D eigenvalue weighted by Crippen LogP contribution is 2.31. The molecule has 2 aliphatic rings. The first kappa shape index (κ1) is 14.8. The maximum Gasteiger partial charge on any atom is 0.321 e. The number of anilines is 1. The quantitative estimate of drug-likeness (QED) is 0.888. The third-order valence-electron chi connectivity index (χ3n) is 4.46. The van der Waals surface area contributed by atoms with Crippen molar-refractivity contribution in [2.24, 2.45) is 11.8 Å². The van der Waals surface area contributed by atoms with Gasteiger partial charge in [0.05, 0.1) is 10.2 Å². The molecule has 1 unspecified atom stereocenters. The first-order chi connectivity index (χ1) is 10.2. The Morgan fingerprint density at radius 3 is 2.90 bits per heavy atom.